The zero-order valence-electron chi connectivity index (χ0n) is 15.8. The molecule has 2 heterocycles. The van der Waals surface area contributed by atoms with Crippen LogP contribution < -0.4 is 4.90 Å². The van der Waals surface area contributed by atoms with Crippen molar-refractivity contribution in [3.63, 3.8) is 0 Å². The Labute approximate surface area is 170 Å². The SMILES string of the molecule is O=C(c1ccc(Cl)cc1)N1CCN(C(=O)c2ccc(N3CCCC3)cc2)CC1. The maximum absolute atomic E-state index is 12.8. The predicted octanol–water partition coefficient (Wildman–Crippen LogP) is 3.54. The van der Waals surface area contributed by atoms with Crippen molar-refractivity contribution in [3.05, 3.63) is 64.7 Å². The molecule has 2 aliphatic heterocycles. The standard InChI is InChI=1S/C22H24ClN3O2/c23-19-7-3-17(4-8-19)21(27)25-13-15-26(16-14-25)22(28)18-5-9-20(10-6-18)24-11-1-2-12-24/h3-10H,1-2,11-16H2. The van der Waals surface area contributed by atoms with E-state index >= 15 is 0 Å². The largest absolute Gasteiger partial charge is 0.372 e. The summed E-state index contributed by atoms with van der Waals surface area (Å²) in [6.45, 7) is 4.37. The van der Waals surface area contributed by atoms with Gasteiger partial charge in [-0.3, -0.25) is 9.59 Å². The van der Waals surface area contributed by atoms with Crippen molar-refractivity contribution in [3.8, 4) is 0 Å². The van der Waals surface area contributed by atoms with Crippen LogP contribution in [0.2, 0.25) is 5.02 Å². The molecular weight excluding hydrogens is 374 g/mol. The van der Waals surface area contributed by atoms with Crippen LogP contribution in [-0.4, -0.2) is 60.9 Å². The molecule has 4 rings (SSSR count). The highest BCUT2D eigenvalue weighted by molar-refractivity contribution is 6.30. The molecule has 0 aromatic heterocycles. The van der Waals surface area contributed by atoms with Gasteiger partial charge in [-0.15, -0.1) is 0 Å². The fourth-order valence-corrected chi connectivity index (χ4v) is 3.99. The normalized spacial score (nSPS) is 17.1. The number of piperazine rings is 1. The van der Waals surface area contributed by atoms with E-state index in [9.17, 15) is 9.59 Å². The molecule has 2 aromatic carbocycles. The molecule has 0 spiro atoms. The molecule has 6 heteroatoms. The van der Waals surface area contributed by atoms with Crippen LogP contribution in [0.3, 0.4) is 0 Å². The molecule has 2 aliphatic rings. The first-order valence-corrected chi connectivity index (χ1v) is 10.2. The van der Waals surface area contributed by atoms with Crippen molar-refractivity contribution in [2.45, 2.75) is 12.8 Å². The first-order chi connectivity index (χ1) is 13.6. The zero-order chi connectivity index (χ0) is 19.5. The maximum Gasteiger partial charge on any atom is 0.253 e. The Morgan fingerprint density at radius 2 is 1.07 bits per heavy atom. The maximum atomic E-state index is 12.8. The third-order valence-electron chi connectivity index (χ3n) is 5.53. The summed E-state index contributed by atoms with van der Waals surface area (Å²) in [6.07, 6.45) is 2.47. The van der Waals surface area contributed by atoms with Crippen LogP contribution in [0.5, 0.6) is 0 Å². The minimum atomic E-state index is -0.0151. The molecule has 0 unspecified atom stereocenters. The molecule has 0 radical (unpaired) electrons. The number of nitrogens with zero attached hydrogens (tertiary/aromatic N) is 3. The molecule has 0 atom stereocenters. The lowest BCUT2D eigenvalue weighted by Crippen LogP contribution is -2.50. The average molecular weight is 398 g/mol. The molecule has 0 N–H and O–H groups in total. The molecular formula is C22H24ClN3O2. The zero-order valence-corrected chi connectivity index (χ0v) is 16.6. The minimum absolute atomic E-state index is 0.0151. The molecule has 5 nitrogen and oxygen atoms in total. The summed E-state index contributed by atoms with van der Waals surface area (Å²) in [6, 6.07) is 14.8. The minimum Gasteiger partial charge on any atom is -0.372 e. The highest BCUT2D eigenvalue weighted by atomic mass is 35.5. The van der Waals surface area contributed by atoms with Gasteiger partial charge in [-0.25, -0.2) is 0 Å². The number of anilines is 1. The number of hydrogen-bond donors (Lipinski definition) is 0. The Bertz CT molecular complexity index is 837. The number of hydrogen-bond acceptors (Lipinski definition) is 3. The van der Waals surface area contributed by atoms with Gasteiger partial charge in [0, 0.05) is 61.1 Å². The summed E-state index contributed by atoms with van der Waals surface area (Å²) in [5.74, 6) is 0.0188. The van der Waals surface area contributed by atoms with E-state index in [1.165, 1.54) is 18.5 Å². The number of carbonyl (C=O) groups excluding carboxylic acids is 2. The van der Waals surface area contributed by atoms with E-state index in [0.29, 0.717) is 42.3 Å². The molecule has 2 amide bonds. The summed E-state index contributed by atoms with van der Waals surface area (Å²) in [5, 5.41) is 0.614. The van der Waals surface area contributed by atoms with E-state index in [4.69, 9.17) is 11.6 Å². The molecule has 28 heavy (non-hydrogen) atoms. The van der Waals surface area contributed by atoms with Gasteiger partial charge in [0.15, 0.2) is 0 Å². The second-order valence-corrected chi connectivity index (χ2v) is 7.77. The Morgan fingerprint density at radius 3 is 1.54 bits per heavy atom. The van der Waals surface area contributed by atoms with Gasteiger partial charge in [-0.1, -0.05) is 11.6 Å². The Hall–Kier alpha value is -2.53. The number of carbonyl (C=O) groups is 2. The Morgan fingerprint density at radius 1 is 0.643 bits per heavy atom. The topological polar surface area (TPSA) is 43.9 Å². The molecule has 2 aromatic rings. The quantitative estimate of drug-likeness (QED) is 0.795. The number of benzene rings is 2. The van der Waals surface area contributed by atoms with Gasteiger partial charge >= 0.3 is 0 Å². The van der Waals surface area contributed by atoms with E-state index in [2.05, 4.69) is 4.90 Å². The van der Waals surface area contributed by atoms with Crippen molar-refractivity contribution in [1.29, 1.82) is 0 Å². The van der Waals surface area contributed by atoms with Crippen LogP contribution in [0.25, 0.3) is 0 Å². The van der Waals surface area contributed by atoms with Crippen molar-refractivity contribution in [2.75, 3.05) is 44.2 Å². The fraction of sp³-hybridized carbons (Fsp3) is 0.364. The summed E-state index contributed by atoms with van der Waals surface area (Å²) in [4.78, 5) is 31.4. The summed E-state index contributed by atoms with van der Waals surface area (Å²) in [5.41, 5.74) is 2.52. The third-order valence-corrected chi connectivity index (χ3v) is 5.78. The van der Waals surface area contributed by atoms with Gasteiger partial charge in [0.25, 0.3) is 11.8 Å². The molecule has 0 bridgehead atoms. The lowest BCUT2D eigenvalue weighted by Gasteiger charge is -2.35. The Kier molecular flexibility index (Phi) is 5.53. The van der Waals surface area contributed by atoms with Gasteiger partial charge < -0.3 is 14.7 Å². The first kappa shape index (κ1) is 18.8. The summed E-state index contributed by atoms with van der Waals surface area (Å²) >= 11 is 5.89. The van der Waals surface area contributed by atoms with Crippen molar-refractivity contribution < 1.29 is 9.59 Å². The van der Waals surface area contributed by atoms with Crippen LogP contribution in [0.15, 0.2) is 48.5 Å². The first-order valence-electron chi connectivity index (χ1n) is 9.81. The van der Waals surface area contributed by atoms with Gasteiger partial charge in [0.1, 0.15) is 0 Å². The second-order valence-electron chi connectivity index (χ2n) is 7.33. The van der Waals surface area contributed by atoms with Crippen LogP contribution >= 0.6 is 11.6 Å². The van der Waals surface area contributed by atoms with Crippen LogP contribution in [0.4, 0.5) is 5.69 Å². The summed E-state index contributed by atoms with van der Waals surface area (Å²) < 4.78 is 0. The highest BCUT2D eigenvalue weighted by Gasteiger charge is 2.25. The predicted molar refractivity (Wildman–Crippen MR) is 111 cm³/mol. The van der Waals surface area contributed by atoms with Gasteiger partial charge in [0.05, 0.1) is 0 Å². The number of rotatable bonds is 3. The second kappa shape index (κ2) is 8.23. The third kappa shape index (κ3) is 3.99. The van der Waals surface area contributed by atoms with Gasteiger partial charge in [0.2, 0.25) is 0 Å². The van der Waals surface area contributed by atoms with Crippen molar-refractivity contribution >= 4 is 29.1 Å². The lowest BCUT2D eigenvalue weighted by molar-refractivity contribution is 0.0535. The number of halogens is 1. The fourth-order valence-electron chi connectivity index (χ4n) is 3.86. The van der Waals surface area contributed by atoms with Gasteiger partial charge in [-0.05, 0) is 61.4 Å². The molecule has 2 fully saturated rings. The van der Waals surface area contributed by atoms with Crippen LogP contribution in [0, 0.1) is 0 Å². The smallest absolute Gasteiger partial charge is 0.253 e. The van der Waals surface area contributed by atoms with E-state index in [0.717, 1.165) is 13.1 Å². The molecule has 146 valence electrons. The highest BCUT2D eigenvalue weighted by Crippen LogP contribution is 2.21. The van der Waals surface area contributed by atoms with Crippen LogP contribution in [-0.2, 0) is 0 Å². The lowest BCUT2D eigenvalue weighted by atomic mass is 10.1. The van der Waals surface area contributed by atoms with E-state index < -0.39 is 0 Å². The monoisotopic (exact) mass is 397 g/mol. The molecule has 0 aliphatic carbocycles. The number of amides is 2. The summed E-state index contributed by atoms with van der Waals surface area (Å²) in [7, 11) is 0. The van der Waals surface area contributed by atoms with Crippen molar-refractivity contribution in [2.24, 2.45) is 0 Å². The Balaban J connectivity index is 1.34. The molecule has 0 saturated carbocycles. The van der Waals surface area contributed by atoms with E-state index in [1.807, 2.05) is 29.2 Å². The van der Waals surface area contributed by atoms with Gasteiger partial charge in [-0.2, -0.15) is 0 Å². The molecule has 2 saturated heterocycles. The van der Waals surface area contributed by atoms with Crippen molar-refractivity contribution in [1.82, 2.24) is 9.80 Å². The average Bonchev–Trinajstić information content (AvgIpc) is 3.28. The van der Waals surface area contributed by atoms with E-state index in [1.54, 1.807) is 29.2 Å². The van der Waals surface area contributed by atoms with E-state index in [-0.39, 0.29) is 11.8 Å². The van der Waals surface area contributed by atoms with Crippen LogP contribution in [0.1, 0.15) is 33.6 Å².